The monoisotopic (exact) mass is 376 g/mol. The van der Waals surface area contributed by atoms with E-state index in [-0.39, 0.29) is 10.8 Å². The van der Waals surface area contributed by atoms with E-state index in [0.717, 1.165) is 22.5 Å². The van der Waals surface area contributed by atoms with Crippen molar-refractivity contribution in [3.63, 3.8) is 0 Å². The van der Waals surface area contributed by atoms with Gasteiger partial charge in [0.2, 0.25) is 22.7 Å². The zero-order valence-corrected chi connectivity index (χ0v) is 15.3. The first kappa shape index (κ1) is 14.3. The Morgan fingerprint density at radius 3 is 2.57 bits per heavy atom. The molecule has 6 aliphatic carbocycles. The molecule has 0 saturated heterocycles. The van der Waals surface area contributed by atoms with E-state index in [1.807, 2.05) is 22.9 Å². The Morgan fingerprint density at radius 2 is 1.93 bits per heavy atom. The molecule has 6 fully saturated rings. The summed E-state index contributed by atoms with van der Waals surface area (Å²) in [6.45, 7) is 4.21. The van der Waals surface area contributed by atoms with Crippen molar-refractivity contribution in [2.45, 2.75) is 25.3 Å². The van der Waals surface area contributed by atoms with Gasteiger partial charge in [-0.2, -0.15) is 9.67 Å². The van der Waals surface area contributed by atoms with Crippen LogP contribution in [-0.2, 0) is 10.2 Å². The average molecular weight is 376 g/mol. The van der Waals surface area contributed by atoms with Crippen LogP contribution < -0.4 is 4.68 Å². The molecule has 0 bridgehead atoms. The molecular weight excluding hydrogens is 358 g/mol. The number of benzene rings is 1. The lowest BCUT2D eigenvalue weighted by atomic mass is 8.92. The van der Waals surface area contributed by atoms with Crippen LogP contribution in [0.2, 0.25) is 0 Å². The molecule has 2 N–H and O–H groups in total. The summed E-state index contributed by atoms with van der Waals surface area (Å²) < 4.78 is 7.76. The van der Waals surface area contributed by atoms with Gasteiger partial charge in [0.05, 0.1) is 10.8 Å². The van der Waals surface area contributed by atoms with Gasteiger partial charge in [-0.15, -0.1) is 0 Å². The van der Waals surface area contributed by atoms with E-state index in [1.54, 1.807) is 0 Å². The fourth-order valence-corrected chi connectivity index (χ4v) is 8.41. The molecule has 140 valence electrons. The van der Waals surface area contributed by atoms with E-state index >= 15 is 0 Å². The first-order valence-corrected chi connectivity index (χ1v) is 10.0. The van der Waals surface area contributed by atoms with E-state index in [0.29, 0.717) is 47.4 Å². The van der Waals surface area contributed by atoms with Crippen LogP contribution in [0.5, 0.6) is 0 Å². The van der Waals surface area contributed by atoms with Gasteiger partial charge >= 0.3 is 5.97 Å². The highest BCUT2D eigenvalue weighted by molar-refractivity contribution is 5.88. The number of aromatic amines is 1. The van der Waals surface area contributed by atoms with Crippen molar-refractivity contribution >= 4 is 17.0 Å². The minimum atomic E-state index is -0.568. The highest BCUT2D eigenvalue weighted by atomic mass is 16.5. The van der Waals surface area contributed by atoms with Gasteiger partial charge in [-0.25, -0.2) is 0 Å². The van der Waals surface area contributed by atoms with Crippen molar-refractivity contribution in [1.82, 2.24) is 20.5 Å². The number of carboxylic acids is 1. The number of hydrogen-bond donors (Lipinski definition) is 2. The molecule has 2 aromatic heterocycles. The lowest BCUT2D eigenvalue weighted by Gasteiger charge is -3.09. The molecule has 9 rings (SSSR count). The first-order valence-electron chi connectivity index (χ1n) is 10.0. The van der Waals surface area contributed by atoms with Crippen molar-refractivity contribution in [2.75, 3.05) is 0 Å². The topological polar surface area (TPSA) is 109 Å². The second-order valence-corrected chi connectivity index (χ2v) is 9.63. The van der Waals surface area contributed by atoms with E-state index < -0.39 is 5.97 Å². The molecule has 0 amide bonds. The van der Waals surface area contributed by atoms with Crippen LogP contribution in [0.15, 0.2) is 22.7 Å². The summed E-state index contributed by atoms with van der Waals surface area (Å²) in [6.07, 6.45) is 0. The summed E-state index contributed by atoms with van der Waals surface area (Å²) in [7, 11) is 0. The van der Waals surface area contributed by atoms with Crippen LogP contribution in [-0.4, -0.2) is 31.5 Å². The Morgan fingerprint density at radius 1 is 1.21 bits per heavy atom. The summed E-state index contributed by atoms with van der Waals surface area (Å²) in [4.78, 5) is 16.5. The van der Waals surface area contributed by atoms with Crippen LogP contribution in [0.1, 0.15) is 25.8 Å². The number of nitrogens with zero attached hydrogens (tertiary/aromatic N) is 4. The Hall–Kier alpha value is -2.77. The van der Waals surface area contributed by atoms with Crippen LogP contribution in [0.4, 0.5) is 0 Å². The van der Waals surface area contributed by atoms with Crippen molar-refractivity contribution in [2.24, 2.45) is 40.9 Å². The quantitative estimate of drug-likeness (QED) is 0.669. The zero-order valence-electron chi connectivity index (χ0n) is 15.3. The van der Waals surface area contributed by atoms with Gasteiger partial charge < -0.3 is 9.63 Å². The van der Waals surface area contributed by atoms with E-state index in [1.165, 1.54) is 0 Å². The van der Waals surface area contributed by atoms with E-state index in [4.69, 9.17) is 9.51 Å². The molecule has 8 nitrogen and oxygen atoms in total. The third-order valence-electron chi connectivity index (χ3n) is 9.09. The summed E-state index contributed by atoms with van der Waals surface area (Å²) in [6, 6.07) is 6.32. The SMILES string of the molecule is CC(C)[n+]1[nH]nc2cc(-c3noc(C45C6C7C4C4C5C6C74C(=O)O)n3)ccc21. The number of H-pyrrole nitrogens is 1. The lowest BCUT2D eigenvalue weighted by molar-refractivity contribution is -0.748. The minimum Gasteiger partial charge on any atom is -0.481 e. The van der Waals surface area contributed by atoms with Crippen LogP contribution in [0, 0.1) is 40.9 Å². The molecule has 0 unspecified atom stereocenters. The molecular formula is C20H18N5O3+. The molecule has 0 radical (unpaired) electrons. The van der Waals surface area contributed by atoms with Crippen LogP contribution >= 0.6 is 0 Å². The van der Waals surface area contributed by atoms with Crippen molar-refractivity contribution in [3.8, 4) is 11.4 Å². The predicted octanol–water partition coefficient (Wildman–Crippen LogP) is 1.56. The number of carboxylic acid groups (broad SMARTS) is 1. The predicted molar refractivity (Wildman–Crippen MR) is 92.7 cm³/mol. The van der Waals surface area contributed by atoms with Crippen molar-refractivity contribution in [3.05, 3.63) is 24.1 Å². The van der Waals surface area contributed by atoms with Gasteiger partial charge in [-0.05, 0) is 61.5 Å². The first-order chi connectivity index (χ1) is 13.5. The van der Waals surface area contributed by atoms with Gasteiger partial charge in [0.25, 0.3) is 0 Å². The molecule has 6 aliphatic rings. The molecule has 2 heterocycles. The standard InChI is InChI=1S/C20H17N5O3/c1-6(2)25-9-4-3-7(5-8(9)22-24-25)16-21-17(28-23-16)19-10-13-11(19)15-12(19)14(10)20(13,15)18(26)27/h3-6,10-15H,1-2H3,(H,26,27)/p+1. The van der Waals surface area contributed by atoms with Crippen LogP contribution in [0.3, 0.4) is 0 Å². The number of nitrogens with one attached hydrogen (secondary N) is 1. The summed E-state index contributed by atoms with van der Waals surface area (Å²) in [5, 5.41) is 21.3. The number of rotatable bonds is 4. The third-order valence-corrected chi connectivity index (χ3v) is 9.09. The Kier molecular flexibility index (Phi) is 1.90. The number of fused-ring (bicyclic) bond motifs is 1. The molecule has 0 spiro atoms. The van der Waals surface area contributed by atoms with Crippen molar-refractivity contribution in [1.29, 1.82) is 0 Å². The molecule has 1 aromatic carbocycles. The maximum atomic E-state index is 11.7. The summed E-state index contributed by atoms with van der Waals surface area (Å²) in [5.74, 6) is 3.28. The Bertz CT molecular complexity index is 1200. The minimum absolute atomic E-state index is 0.0134. The van der Waals surface area contributed by atoms with Gasteiger partial charge in [0.1, 0.15) is 6.04 Å². The highest BCUT2D eigenvalue weighted by Gasteiger charge is 3.13. The smallest absolute Gasteiger partial charge is 0.310 e. The Labute approximate surface area is 158 Å². The molecule has 3 aromatic rings. The number of aromatic nitrogens is 5. The molecule has 8 heteroatoms. The largest absolute Gasteiger partial charge is 0.481 e. The van der Waals surface area contributed by atoms with Gasteiger partial charge in [-0.1, -0.05) is 10.4 Å². The maximum Gasteiger partial charge on any atom is 0.310 e. The fourth-order valence-electron chi connectivity index (χ4n) is 8.41. The normalized spacial score (nSPS) is 45.0. The highest BCUT2D eigenvalue weighted by Crippen LogP contribution is 3.09. The molecule has 0 aliphatic heterocycles. The second kappa shape index (κ2) is 3.73. The van der Waals surface area contributed by atoms with Gasteiger partial charge in [-0.3, -0.25) is 4.79 Å². The van der Waals surface area contributed by atoms with Crippen LogP contribution in [0.25, 0.3) is 22.4 Å². The van der Waals surface area contributed by atoms with E-state index in [9.17, 15) is 9.90 Å². The summed E-state index contributed by atoms with van der Waals surface area (Å²) >= 11 is 0. The third kappa shape index (κ3) is 0.980. The summed E-state index contributed by atoms with van der Waals surface area (Å²) in [5.41, 5.74) is 2.46. The molecule has 0 atom stereocenters. The van der Waals surface area contributed by atoms with E-state index in [2.05, 4.69) is 29.3 Å². The number of aliphatic carboxylic acids is 1. The van der Waals surface area contributed by atoms with Crippen molar-refractivity contribution < 1.29 is 19.1 Å². The Balaban J connectivity index is 1.15. The maximum absolute atomic E-state index is 11.7. The van der Waals surface area contributed by atoms with Gasteiger partial charge in [0, 0.05) is 16.7 Å². The zero-order chi connectivity index (χ0) is 18.7. The number of carbonyl (C=O) groups is 1. The average Bonchev–Trinajstić information content (AvgIpc) is 3.34. The molecule has 6 saturated carbocycles. The number of hydrogen-bond acceptors (Lipinski definition) is 5. The molecule has 28 heavy (non-hydrogen) atoms. The fraction of sp³-hybridized carbons (Fsp3) is 0.550. The van der Waals surface area contributed by atoms with Gasteiger partial charge in [0.15, 0.2) is 0 Å². The second-order valence-electron chi connectivity index (χ2n) is 9.63. The lowest BCUT2D eigenvalue weighted by Crippen LogP contribution is -3.12.